The van der Waals surface area contributed by atoms with Crippen LogP contribution in [0.15, 0.2) is 18.2 Å². The fraction of sp³-hybridized carbons (Fsp3) is 0.625. The summed E-state index contributed by atoms with van der Waals surface area (Å²) in [6.45, 7) is 9.14. The molecule has 3 unspecified atom stereocenters. The van der Waals surface area contributed by atoms with E-state index in [-0.39, 0.29) is 0 Å². The lowest BCUT2D eigenvalue weighted by Crippen LogP contribution is -2.34. The van der Waals surface area contributed by atoms with Gasteiger partial charge in [0.1, 0.15) is 0 Å². The monoisotopic (exact) mass is 231 g/mol. The van der Waals surface area contributed by atoms with Gasteiger partial charge in [0.2, 0.25) is 0 Å². The Morgan fingerprint density at radius 1 is 1.06 bits per heavy atom. The van der Waals surface area contributed by atoms with Gasteiger partial charge < -0.3 is 5.32 Å². The van der Waals surface area contributed by atoms with Crippen molar-refractivity contribution in [2.24, 2.45) is 11.8 Å². The lowest BCUT2D eigenvalue weighted by Gasteiger charge is -2.35. The van der Waals surface area contributed by atoms with E-state index in [0.717, 1.165) is 11.8 Å². The van der Waals surface area contributed by atoms with Crippen LogP contribution in [0.5, 0.6) is 0 Å². The summed E-state index contributed by atoms with van der Waals surface area (Å²) in [5, 5.41) is 3.73. The Bertz CT molecular complexity index is 383. The summed E-state index contributed by atoms with van der Waals surface area (Å²) >= 11 is 0. The van der Waals surface area contributed by atoms with Crippen molar-refractivity contribution in [1.29, 1.82) is 0 Å². The van der Waals surface area contributed by atoms with Gasteiger partial charge in [0, 0.05) is 11.7 Å². The molecule has 1 aliphatic carbocycles. The minimum Gasteiger partial charge on any atom is -0.382 e. The van der Waals surface area contributed by atoms with Gasteiger partial charge in [0.15, 0.2) is 0 Å². The molecule has 0 spiro atoms. The van der Waals surface area contributed by atoms with Gasteiger partial charge >= 0.3 is 0 Å². The molecule has 1 heteroatoms. The maximum absolute atomic E-state index is 3.73. The number of rotatable bonds is 2. The number of nitrogens with one attached hydrogen (secondary N) is 1. The molecule has 0 radical (unpaired) electrons. The molecule has 1 N–H and O–H groups in total. The van der Waals surface area contributed by atoms with Gasteiger partial charge in [0.05, 0.1) is 0 Å². The van der Waals surface area contributed by atoms with E-state index >= 15 is 0 Å². The van der Waals surface area contributed by atoms with Gasteiger partial charge in [-0.25, -0.2) is 0 Å². The minimum atomic E-state index is 0.654. The van der Waals surface area contributed by atoms with E-state index in [0.29, 0.717) is 6.04 Å². The molecule has 3 atom stereocenters. The quantitative estimate of drug-likeness (QED) is 0.788. The van der Waals surface area contributed by atoms with E-state index in [2.05, 4.69) is 51.2 Å². The smallest absolute Gasteiger partial charge is 0.0345 e. The molecule has 0 heterocycles. The van der Waals surface area contributed by atoms with E-state index in [1.54, 1.807) is 0 Å². The fourth-order valence-electron chi connectivity index (χ4n) is 2.83. The molecule has 0 aromatic heterocycles. The first-order valence-corrected chi connectivity index (χ1v) is 6.91. The Hall–Kier alpha value is -0.980. The zero-order chi connectivity index (χ0) is 12.4. The predicted octanol–water partition coefficient (Wildman–Crippen LogP) is 4.54. The molecule has 0 amide bonds. The number of benzene rings is 1. The Morgan fingerprint density at radius 2 is 1.82 bits per heavy atom. The van der Waals surface area contributed by atoms with E-state index < -0.39 is 0 Å². The SMILES string of the molecule is Cc1ccc(NC2CCCC(C)C2C)cc1C. The van der Waals surface area contributed by atoms with Crippen molar-refractivity contribution in [2.45, 2.75) is 53.0 Å². The van der Waals surface area contributed by atoms with Crippen molar-refractivity contribution in [1.82, 2.24) is 0 Å². The van der Waals surface area contributed by atoms with E-state index in [4.69, 9.17) is 0 Å². The van der Waals surface area contributed by atoms with E-state index in [9.17, 15) is 0 Å². The Kier molecular flexibility index (Phi) is 3.76. The summed E-state index contributed by atoms with van der Waals surface area (Å²) in [6.07, 6.45) is 4.08. The zero-order valence-electron chi connectivity index (χ0n) is 11.6. The first kappa shape index (κ1) is 12.5. The highest BCUT2D eigenvalue weighted by atomic mass is 14.9. The fourth-order valence-corrected chi connectivity index (χ4v) is 2.83. The number of hydrogen-bond donors (Lipinski definition) is 1. The van der Waals surface area contributed by atoms with E-state index in [1.807, 2.05) is 0 Å². The van der Waals surface area contributed by atoms with Crippen LogP contribution >= 0.6 is 0 Å². The second-order valence-electron chi connectivity index (χ2n) is 5.82. The van der Waals surface area contributed by atoms with Gasteiger partial charge in [-0.3, -0.25) is 0 Å². The molecule has 0 saturated heterocycles. The van der Waals surface area contributed by atoms with Crippen molar-refractivity contribution >= 4 is 5.69 Å². The average Bonchev–Trinajstić information content (AvgIpc) is 2.30. The van der Waals surface area contributed by atoms with Crippen LogP contribution in [0.2, 0.25) is 0 Å². The number of hydrogen-bond acceptors (Lipinski definition) is 1. The minimum absolute atomic E-state index is 0.654. The van der Waals surface area contributed by atoms with Crippen molar-refractivity contribution in [3.05, 3.63) is 29.3 Å². The van der Waals surface area contributed by atoms with E-state index in [1.165, 1.54) is 36.1 Å². The first-order valence-electron chi connectivity index (χ1n) is 6.91. The highest BCUT2D eigenvalue weighted by Gasteiger charge is 2.26. The molecule has 17 heavy (non-hydrogen) atoms. The highest BCUT2D eigenvalue weighted by Crippen LogP contribution is 2.31. The summed E-state index contributed by atoms with van der Waals surface area (Å²) in [6, 6.07) is 7.37. The average molecular weight is 231 g/mol. The second kappa shape index (κ2) is 5.12. The van der Waals surface area contributed by atoms with Gasteiger partial charge in [0.25, 0.3) is 0 Å². The molecule has 1 fully saturated rings. The largest absolute Gasteiger partial charge is 0.382 e. The Labute approximate surface area is 106 Å². The van der Waals surface area contributed by atoms with Crippen LogP contribution in [0.1, 0.15) is 44.2 Å². The molecule has 1 aromatic carbocycles. The Balaban J connectivity index is 2.07. The zero-order valence-corrected chi connectivity index (χ0v) is 11.6. The Morgan fingerprint density at radius 3 is 2.53 bits per heavy atom. The summed E-state index contributed by atoms with van der Waals surface area (Å²) in [4.78, 5) is 0. The second-order valence-corrected chi connectivity index (χ2v) is 5.82. The van der Waals surface area contributed by atoms with Gasteiger partial charge in [-0.15, -0.1) is 0 Å². The van der Waals surface area contributed by atoms with Crippen molar-refractivity contribution in [2.75, 3.05) is 5.32 Å². The predicted molar refractivity (Wildman–Crippen MR) is 75.5 cm³/mol. The van der Waals surface area contributed by atoms with Gasteiger partial charge in [-0.1, -0.05) is 32.8 Å². The van der Waals surface area contributed by atoms with Crippen LogP contribution in [-0.4, -0.2) is 6.04 Å². The third kappa shape index (κ3) is 2.83. The van der Waals surface area contributed by atoms with Crippen LogP contribution in [0, 0.1) is 25.7 Å². The molecule has 1 aliphatic rings. The topological polar surface area (TPSA) is 12.0 Å². The summed E-state index contributed by atoms with van der Waals surface area (Å²) in [7, 11) is 0. The van der Waals surface area contributed by atoms with Crippen LogP contribution in [0.3, 0.4) is 0 Å². The number of aryl methyl sites for hydroxylation is 2. The van der Waals surface area contributed by atoms with Crippen LogP contribution in [0.4, 0.5) is 5.69 Å². The first-order chi connectivity index (χ1) is 8.08. The summed E-state index contributed by atoms with van der Waals surface area (Å²) in [5.74, 6) is 1.64. The number of anilines is 1. The molecular weight excluding hydrogens is 206 g/mol. The van der Waals surface area contributed by atoms with Crippen LogP contribution < -0.4 is 5.32 Å². The summed E-state index contributed by atoms with van der Waals surface area (Å²) < 4.78 is 0. The molecule has 1 nitrogen and oxygen atoms in total. The maximum Gasteiger partial charge on any atom is 0.0345 e. The molecule has 0 bridgehead atoms. The lowest BCUT2D eigenvalue weighted by atomic mass is 9.78. The molecule has 1 saturated carbocycles. The van der Waals surface area contributed by atoms with Crippen LogP contribution in [0.25, 0.3) is 0 Å². The molecule has 2 rings (SSSR count). The van der Waals surface area contributed by atoms with Crippen molar-refractivity contribution in [3.8, 4) is 0 Å². The van der Waals surface area contributed by atoms with Crippen molar-refractivity contribution < 1.29 is 0 Å². The highest BCUT2D eigenvalue weighted by molar-refractivity contribution is 5.48. The van der Waals surface area contributed by atoms with Gasteiger partial charge in [-0.05, 0) is 55.4 Å². The molecule has 94 valence electrons. The molecule has 1 aromatic rings. The van der Waals surface area contributed by atoms with Crippen molar-refractivity contribution in [3.63, 3.8) is 0 Å². The third-order valence-corrected chi connectivity index (χ3v) is 4.57. The standard InChI is InChI=1S/C16H25N/c1-11-8-9-15(10-13(11)3)17-16-7-5-6-12(2)14(16)4/h8-10,12,14,16-17H,5-7H2,1-4H3. The van der Waals surface area contributed by atoms with Gasteiger partial charge in [-0.2, -0.15) is 0 Å². The molecular formula is C16H25N. The third-order valence-electron chi connectivity index (χ3n) is 4.57. The maximum atomic E-state index is 3.73. The summed E-state index contributed by atoms with van der Waals surface area (Å²) in [5.41, 5.74) is 4.05. The lowest BCUT2D eigenvalue weighted by molar-refractivity contribution is 0.253. The molecule has 0 aliphatic heterocycles. The van der Waals surface area contributed by atoms with Crippen LogP contribution in [-0.2, 0) is 0 Å². The normalized spacial score (nSPS) is 29.1.